The van der Waals surface area contributed by atoms with E-state index in [0.29, 0.717) is 12.5 Å². The van der Waals surface area contributed by atoms with Crippen LogP contribution in [0.1, 0.15) is 39.0 Å². The van der Waals surface area contributed by atoms with Crippen LogP contribution in [0.15, 0.2) is 0 Å². The molecule has 1 aliphatic carbocycles. The predicted molar refractivity (Wildman–Crippen MR) is 51.5 cm³/mol. The van der Waals surface area contributed by atoms with Crippen molar-refractivity contribution in [2.24, 2.45) is 0 Å². The van der Waals surface area contributed by atoms with Crippen LogP contribution in [0.4, 0.5) is 0 Å². The normalized spacial score (nSPS) is 28.5. The smallest absolute Gasteiger partial charge is 0.305 e. The fourth-order valence-electron chi connectivity index (χ4n) is 1.74. The highest BCUT2D eigenvalue weighted by atomic mass is 16.5. The maximum atomic E-state index is 11.0. The van der Waals surface area contributed by atoms with Crippen LogP contribution in [0.5, 0.6) is 0 Å². The molecule has 0 heterocycles. The Morgan fingerprint density at radius 3 is 2.46 bits per heavy atom. The molecule has 3 nitrogen and oxygen atoms in total. The Bertz CT molecular complexity index is 162. The number of carbonyl (C=O) groups excluding carboxylic acids is 1. The van der Waals surface area contributed by atoms with Crippen molar-refractivity contribution in [2.75, 3.05) is 7.05 Å². The summed E-state index contributed by atoms with van der Waals surface area (Å²) < 4.78 is 5.27. The van der Waals surface area contributed by atoms with Gasteiger partial charge in [-0.2, -0.15) is 0 Å². The largest absolute Gasteiger partial charge is 0.462 e. The summed E-state index contributed by atoms with van der Waals surface area (Å²) in [6.45, 7) is 1.83. The highest BCUT2D eigenvalue weighted by molar-refractivity contribution is 5.69. The van der Waals surface area contributed by atoms with E-state index < -0.39 is 0 Å². The van der Waals surface area contributed by atoms with Gasteiger partial charge in [0.05, 0.1) is 0 Å². The molecule has 0 aromatic rings. The zero-order valence-corrected chi connectivity index (χ0v) is 8.51. The molecule has 3 heteroatoms. The zero-order chi connectivity index (χ0) is 9.68. The van der Waals surface area contributed by atoms with Crippen molar-refractivity contribution in [3.05, 3.63) is 0 Å². The molecule has 76 valence electrons. The lowest BCUT2D eigenvalue weighted by Gasteiger charge is -2.27. The SMILES string of the molecule is CCC(=O)OC1CCC(NC)CC1. The second-order valence-corrected chi connectivity index (χ2v) is 3.61. The van der Waals surface area contributed by atoms with Crippen molar-refractivity contribution in [3.63, 3.8) is 0 Å². The summed E-state index contributed by atoms with van der Waals surface area (Å²) in [5.74, 6) is -0.0621. The first-order valence-corrected chi connectivity index (χ1v) is 5.13. The highest BCUT2D eigenvalue weighted by Gasteiger charge is 2.22. The maximum absolute atomic E-state index is 11.0. The summed E-state index contributed by atoms with van der Waals surface area (Å²) in [4.78, 5) is 11.0. The topological polar surface area (TPSA) is 38.3 Å². The minimum absolute atomic E-state index is 0.0621. The van der Waals surface area contributed by atoms with Crippen molar-refractivity contribution in [3.8, 4) is 0 Å². The van der Waals surface area contributed by atoms with E-state index in [4.69, 9.17) is 4.74 Å². The van der Waals surface area contributed by atoms with Crippen molar-refractivity contribution >= 4 is 5.97 Å². The third-order valence-corrected chi connectivity index (χ3v) is 2.67. The average molecular weight is 185 g/mol. The van der Waals surface area contributed by atoms with Gasteiger partial charge in [-0.05, 0) is 32.7 Å². The Morgan fingerprint density at radius 1 is 1.38 bits per heavy atom. The number of nitrogens with one attached hydrogen (secondary N) is 1. The predicted octanol–water partition coefficient (Wildman–Crippen LogP) is 1.47. The van der Waals surface area contributed by atoms with Gasteiger partial charge in [0.1, 0.15) is 6.10 Å². The minimum atomic E-state index is -0.0621. The summed E-state index contributed by atoms with van der Waals surface area (Å²) in [5, 5.41) is 3.25. The van der Waals surface area contributed by atoms with Gasteiger partial charge in [0.25, 0.3) is 0 Å². The van der Waals surface area contributed by atoms with Gasteiger partial charge in [-0.25, -0.2) is 0 Å². The number of hydrogen-bond acceptors (Lipinski definition) is 3. The Kier molecular flexibility index (Phi) is 4.22. The first-order chi connectivity index (χ1) is 6.26. The molecule has 0 saturated heterocycles. The van der Waals surface area contributed by atoms with Crippen LogP contribution in [0, 0.1) is 0 Å². The fraction of sp³-hybridized carbons (Fsp3) is 0.900. The van der Waals surface area contributed by atoms with E-state index in [9.17, 15) is 4.79 Å². The van der Waals surface area contributed by atoms with Crippen LogP contribution in [0.25, 0.3) is 0 Å². The number of esters is 1. The Labute approximate surface area is 79.8 Å². The van der Waals surface area contributed by atoms with Crippen LogP contribution in [0.2, 0.25) is 0 Å². The van der Waals surface area contributed by atoms with Crippen LogP contribution < -0.4 is 5.32 Å². The van der Waals surface area contributed by atoms with Gasteiger partial charge in [-0.15, -0.1) is 0 Å². The van der Waals surface area contributed by atoms with Crippen molar-refractivity contribution in [2.45, 2.75) is 51.2 Å². The molecule has 1 rings (SSSR count). The minimum Gasteiger partial charge on any atom is -0.462 e. The zero-order valence-electron chi connectivity index (χ0n) is 8.51. The second-order valence-electron chi connectivity index (χ2n) is 3.61. The Balaban J connectivity index is 2.21. The van der Waals surface area contributed by atoms with Crippen LogP contribution in [-0.4, -0.2) is 25.2 Å². The van der Waals surface area contributed by atoms with E-state index in [1.54, 1.807) is 0 Å². The maximum Gasteiger partial charge on any atom is 0.305 e. The number of rotatable bonds is 3. The van der Waals surface area contributed by atoms with Gasteiger partial charge in [0.15, 0.2) is 0 Å². The molecule has 1 fully saturated rings. The third-order valence-electron chi connectivity index (χ3n) is 2.67. The monoisotopic (exact) mass is 185 g/mol. The summed E-state index contributed by atoms with van der Waals surface area (Å²) in [7, 11) is 1.99. The molecule has 0 aliphatic heterocycles. The van der Waals surface area contributed by atoms with E-state index in [2.05, 4.69) is 5.32 Å². The Morgan fingerprint density at radius 2 is 2.00 bits per heavy atom. The van der Waals surface area contributed by atoms with Crippen LogP contribution in [0.3, 0.4) is 0 Å². The lowest BCUT2D eigenvalue weighted by molar-refractivity contribution is -0.150. The average Bonchev–Trinajstić information content (AvgIpc) is 2.19. The fourth-order valence-corrected chi connectivity index (χ4v) is 1.74. The first kappa shape index (κ1) is 10.5. The molecule has 13 heavy (non-hydrogen) atoms. The molecular formula is C10H19NO2. The van der Waals surface area contributed by atoms with E-state index in [0.717, 1.165) is 25.7 Å². The quantitative estimate of drug-likeness (QED) is 0.677. The van der Waals surface area contributed by atoms with Gasteiger partial charge < -0.3 is 10.1 Å². The second kappa shape index (κ2) is 5.22. The Hall–Kier alpha value is -0.570. The van der Waals surface area contributed by atoms with E-state index >= 15 is 0 Å². The summed E-state index contributed by atoms with van der Waals surface area (Å²) in [6.07, 6.45) is 4.94. The molecule has 0 aromatic heterocycles. The number of carbonyl (C=O) groups is 1. The van der Waals surface area contributed by atoms with Gasteiger partial charge in [0, 0.05) is 12.5 Å². The molecule has 0 unspecified atom stereocenters. The van der Waals surface area contributed by atoms with Crippen molar-refractivity contribution in [1.29, 1.82) is 0 Å². The molecule has 0 radical (unpaired) electrons. The molecule has 1 saturated carbocycles. The van der Waals surface area contributed by atoms with Gasteiger partial charge in [-0.3, -0.25) is 4.79 Å². The van der Waals surface area contributed by atoms with Crippen molar-refractivity contribution < 1.29 is 9.53 Å². The van der Waals surface area contributed by atoms with Crippen LogP contribution in [-0.2, 0) is 9.53 Å². The first-order valence-electron chi connectivity index (χ1n) is 5.13. The lowest BCUT2D eigenvalue weighted by Crippen LogP contribution is -2.33. The molecule has 0 bridgehead atoms. The van der Waals surface area contributed by atoms with E-state index in [1.165, 1.54) is 0 Å². The highest BCUT2D eigenvalue weighted by Crippen LogP contribution is 2.21. The molecule has 0 atom stereocenters. The molecule has 0 spiro atoms. The molecule has 1 aliphatic rings. The van der Waals surface area contributed by atoms with Crippen LogP contribution >= 0.6 is 0 Å². The molecule has 0 aromatic carbocycles. The lowest BCUT2D eigenvalue weighted by atomic mass is 9.93. The van der Waals surface area contributed by atoms with E-state index in [1.807, 2.05) is 14.0 Å². The summed E-state index contributed by atoms with van der Waals surface area (Å²) >= 11 is 0. The standard InChI is InChI=1S/C10H19NO2/c1-3-10(12)13-9-6-4-8(11-2)5-7-9/h8-9,11H,3-7H2,1-2H3. The van der Waals surface area contributed by atoms with Crippen molar-refractivity contribution in [1.82, 2.24) is 5.32 Å². The van der Waals surface area contributed by atoms with Gasteiger partial charge in [-0.1, -0.05) is 6.92 Å². The summed E-state index contributed by atoms with van der Waals surface area (Å²) in [6, 6.07) is 0.622. The molecular weight excluding hydrogens is 166 g/mol. The summed E-state index contributed by atoms with van der Waals surface area (Å²) in [5.41, 5.74) is 0. The third kappa shape index (κ3) is 3.35. The number of hydrogen-bond donors (Lipinski definition) is 1. The molecule has 1 N–H and O–H groups in total. The van der Waals surface area contributed by atoms with Gasteiger partial charge >= 0.3 is 5.97 Å². The number of ether oxygens (including phenoxy) is 1. The van der Waals surface area contributed by atoms with E-state index in [-0.39, 0.29) is 12.1 Å². The molecule has 0 amide bonds. The van der Waals surface area contributed by atoms with Gasteiger partial charge in [0.2, 0.25) is 0 Å².